The first-order valence-corrected chi connectivity index (χ1v) is 7.06. The summed E-state index contributed by atoms with van der Waals surface area (Å²) < 4.78 is 10.7. The maximum Gasteiger partial charge on any atom is 0.347 e. The van der Waals surface area contributed by atoms with Crippen molar-refractivity contribution in [2.75, 3.05) is 7.11 Å². The van der Waals surface area contributed by atoms with Gasteiger partial charge in [-0.25, -0.2) is 4.79 Å². The lowest BCUT2D eigenvalue weighted by Gasteiger charge is -2.12. The molecule has 0 aliphatic carbocycles. The molecule has 0 bridgehead atoms. The molecule has 0 saturated carbocycles. The standard InChI is InChI=1S/C19H14O4/c1-22-17-9-5-4-8-16(17)19(21)23-18-14(12-20)11-10-13-6-2-3-7-15(13)18/h2-12H,1H3. The predicted molar refractivity (Wildman–Crippen MR) is 87.3 cm³/mol. The van der Waals surface area contributed by atoms with Crippen molar-refractivity contribution in [3.8, 4) is 11.5 Å². The smallest absolute Gasteiger partial charge is 0.347 e. The predicted octanol–water partition coefficient (Wildman–Crippen LogP) is 3.88. The van der Waals surface area contributed by atoms with Gasteiger partial charge in [-0.1, -0.05) is 42.5 Å². The number of para-hydroxylation sites is 1. The van der Waals surface area contributed by atoms with E-state index in [0.29, 0.717) is 28.5 Å². The van der Waals surface area contributed by atoms with Crippen molar-refractivity contribution in [1.82, 2.24) is 0 Å². The highest BCUT2D eigenvalue weighted by Crippen LogP contribution is 2.30. The molecule has 114 valence electrons. The highest BCUT2D eigenvalue weighted by molar-refractivity contribution is 6.01. The van der Waals surface area contributed by atoms with Crippen molar-refractivity contribution in [3.05, 3.63) is 71.8 Å². The van der Waals surface area contributed by atoms with E-state index in [1.54, 1.807) is 30.3 Å². The molecule has 0 fully saturated rings. The highest BCUT2D eigenvalue weighted by atomic mass is 16.5. The van der Waals surface area contributed by atoms with E-state index in [1.165, 1.54) is 7.11 Å². The van der Waals surface area contributed by atoms with Crippen LogP contribution in [-0.4, -0.2) is 19.4 Å². The third-order valence-corrected chi connectivity index (χ3v) is 3.56. The van der Waals surface area contributed by atoms with Crippen LogP contribution in [0.5, 0.6) is 11.5 Å². The summed E-state index contributed by atoms with van der Waals surface area (Å²) in [6.45, 7) is 0. The number of rotatable bonds is 4. The molecule has 0 unspecified atom stereocenters. The van der Waals surface area contributed by atoms with E-state index in [1.807, 2.05) is 30.3 Å². The van der Waals surface area contributed by atoms with Gasteiger partial charge < -0.3 is 9.47 Å². The molecule has 0 radical (unpaired) electrons. The molecule has 0 heterocycles. The molecule has 0 spiro atoms. The Labute approximate surface area is 133 Å². The molecule has 0 saturated heterocycles. The van der Waals surface area contributed by atoms with E-state index in [4.69, 9.17) is 9.47 Å². The van der Waals surface area contributed by atoms with Gasteiger partial charge in [0.25, 0.3) is 0 Å². The number of aldehydes is 1. The van der Waals surface area contributed by atoms with Crippen LogP contribution >= 0.6 is 0 Å². The number of carbonyl (C=O) groups is 2. The van der Waals surface area contributed by atoms with Crippen molar-refractivity contribution < 1.29 is 19.1 Å². The van der Waals surface area contributed by atoms with Gasteiger partial charge in [-0.15, -0.1) is 0 Å². The Morgan fingerprint density at radius 1 is 0.957 bits per heavy atom. The van der Waals surface area contributed by atoms with Crippen LogP contribution in [-0.2, 0) is 0 Å². The van der Waals surface area contributed by atoms with Crippen LogP contribution in [0.25, 0.3) is 10.8 Å². The molecule has 4 heteroatoms. The summed E-state index contributed by atoms with van der Waals surface area (Å²) in [7, 11) is 1.49. The lowest BCUT2D eigenvalue weighted by Crippen LogP contribution is -2.11. The first-order chi connectivity index (χ1) is 11.2. The Kier molecular flexibility index (Phi) is 4.06. The van der Waals surface area contributed by atoms with Gasteiger partial charge in [0, 0.05) is 5.39 Å². The fraction of sp³-hybridized carbons (Fsp3) is 0.0526. The molecule has 0 aliphatic heterocycles. The first-order valence-electron chi connectivity index (χ1n) is 7.06. The average molecular weight is 306 g/mol. The molecule has 3 aromatic carbocycles. The molecule has 3 aromatic rings. The van der Waals surface area contributed by atoms with Gasteiger partial charge in [-0.05, 0) is 23.6 Å². The summed E-state index contributed by atoms with van der Waals surface area (Å²) >= 11 is 0. The van der Waals surface area contributed by atoms with Crippen LogP contribution in [0.4, 0.5) is 0 Å². The Bertz CT molecular complexity index is 883. The quantitative estimate of drug-likeness (QED) is 0.417. The molecule has 0 aliphatic rings. The van der Waals surface area contributed by atoms with Crippen molar-refractivity contribution >= 4 is 23.0 Å². The Balaban J connectivity index is 2.07. The van der Waals surface area contributed by atoms with E-state index >= 15 is 0 Å². The van der Waals surface area contributed by atoms with Crippen LogP contribution in [0, 0.1) is 0 Å². The summed E-state index contributed by atoms with van der Waals surface area (Å²) in [6, 6.07) is 17.7. The first kappa shape index (κ1) is 14.8. The second-order valence-electron chi connectivity index (χ2n) is 4.91. The normalized spacial score (nSPS) is 10.3. The molecule has 0 amide bonds. The van der Waals surface area contributed by atoms with Crippen LogP contribution in [0.3, 0.4) is 0 Å². The number of hydrogen-bond acceptors (Lipinski definition) is 4. The number of carbonyl (C=O) groups excluding carboxylic acids is 2. The van der Waals surface area contributed by atoms with Crippen molar-refractivity contribution in [2.45, 2.75) is 0 Å². The lowest BCUT2D eigenvalue weighted by atomic mass is 10.1. The monoisotopic (exact) mass is 306 g/mol. The number of benzene rings is 3. The van der Waals surface area contributed by atoms with Gasteiger partial charge in [0.2, 0.25) is 0 Å². The largest absolute Gasteiger partial charge is 0.496 e. The Morgan fingerprint density at radius 3 is 2.48 bits per heavy atom. The minimum atomic E-state index is -0.568. The van der Waals surface area contributed by atoms with E-state index in [2.05, 4.69) is 0 Å². The van der Waals surface area contributed by atoms with Crippen LogP contribution in [0.1, 0.15) is 20.7 Å². The van der Waals surface area contributed by atoms with Gasteiger partial charge in [-0.2, -0.15) is 0 Å². The molecule has 23 heavy (non-hydrogen) atoms. The topological polar surface area (TPSA) is 52.6 Å². The zero-order chi connectivity index (χ0) is 16.2. The molecule has 0 N–H and O–H groups in total. The minimum absolute atomic E-state index is 0.258. The molecule has 3 rings (SSSR count). The van der Waals surface area contributed by atoms with E-state index in [9.17, 15) is 9.59 Å². The van der Waals surface area contributed by atoms with Crippen molar-refractivity contribution in [3.63, 3.8) is 0 Å². The number of methoxy groups -OCH3 is 1. The Hall–Kier alpha value is -3.14. The summed E-state index contributed by atoms with van der Waals surface area (Å²) in [6.07, 6.45) is 0.678. The van der Waals surface area contributed by atoms with E-state index in [-0.39, 0.29) is 5.75 Å². The fourth-order valence-corrected chi connectivity index (χ4v) is 2.43. The highest BCUT2D eigenvalue weighted by Gasteiger charge is 2.17. The van der Waals surface area contributed by atoms with Gasteiger partial charge >= 0.3 is 5.97 Å². The number of hydrogen-bond donors (Lipinski definition) is 0. The number of ether oxygens (including phenoxy) is 2. The molecule has 0 aromatic heterocycles. The molecule has 0 atom stereocenters. The molecule has 4 nitrogen and oxygen atoms in total. The van der Waals surface area contributed by atoms with Gasteiger partial charge in [0.1, 0.15) is 17.1 Å². The number of fused-ring (bicyclic) bond motifs is 1. The second-order valence-corrected chi connectivity index (χ2v) is 4.91. The number of esters is 1. The summed E-state index contributed by atoms with van der Waals surface area (Å²) in [5, 5.41) is 1.60. The average Bonchev–Trinajstić information content (AvgIpc) is 2.61. The fourth-order valence-electron chi connectivity index (χ4n) is 2.43. The van der Waals surface area contributed by atoms with E-state index < -0.39 is 5.97 Å². The summed E-state index contributed by atoms with van der Waals surface area (Å²) in [5.74, 6) is 0.112. The maximum atomic E-state index is 12.5. The third kappa shape index (κ3) is 2.79. The van der Waals surface area contributed by atoms with Crippen molar-refractivity contribution in [2.24, 2.45) is 0 Å². The van der Waals surface area contributed by atoms with Crippen molar-refractivity contribution in [1.29, 1.82) is 0 Å². The van der Waals surface area contributed by atoms with Gasteiger partial charge in [0.15, 0.2) is 6.29 Å². The van der Waals surface area contributed by atoms with Gasteiger partial charge in [-0.3, -0.25) is 4.79 Å². The Morgan fingerprint density at radius 2 is 1.70 bits per heavy atom. The second kappa shape index (κ2) is 6.32. The maximum absolute atomic E-state index is 12.5. The van der Waals surface area contributed by atoms with Crippen LogP contribution in [0.15, 0.2) is 60.7 Å². The summed E-state index contributed by atoms with van der Waals surface area (Å²) in [5.41, 5.74) is 0.631. The minimum Gasteiger partial charge on any atom is -0.496 e. The van der Waals surface area contributed by atoms with E-state index in [0.717, 1.165) is 5.39 Å². The lowest BCUT2D eigenvalue weighted by molar-refractivity contribution is 0.0732. The molecular weight excluding hydrogens is 292 g/mol. The third-order valence-electron chi connectivity index (χ3n) is 3.56. The SMILES string of the molecule is COc1ccccc1C(=O)Oc1c(C=O)ccc2ccccc12. The van der Waals surface area contributed by atoms with Gasteiger partial charge in [0.05, 0.1) is 12.7 Å². The van der Waals surface area contributed by atoms with Crippen LogP contribution < -0.4 is 9.47 Å². The summed E-state index contributed by atoms with van der Waals surface area (Å²) in [4.78, 5) is 23.8. The van der Waals surface area contributed by atoms with Crippen LogP contribution in [0.2, 0.25) is 0 Å². The zero-order valence-electron chi connectivity index (χ0n) is 12.5. The zero-order valence-corrected chi connectivity index (χ0v) is 12.5. The molecular formula is C19H14O4.